The largest absolute Gasteiger partial charge is 0.446 e. The van der Waals surface area contributed by atoms with Gasteiger partial charge in [0.1, 0.15) is 12.4 Å². The number of nitrogens with zero attached hydrogens (tertiary/aromatic N) is 2. The van der Waals surface area contributed by atoms with Crippen LogP contribution in [0.5, 0.6) is 0 Å². The number of sulfonamides is 1. The zero-order valence-electron chi connectivity index (χ0n) is 17.2. The summed E-state index contributed by atoms with van der Waals surface area (Å²) in [6.45, 7) is 0.605. The smallest absolute Gasteiger partial charge is 0.322 e. The van der Waals surface area contributed by atoms with Gasteiger partial charge in [0.05, 0.1) is 4.90 Å². The number of likely N-dealkylation sites (N-methyl/N-ethyl adjacent to an activating group) is 1. The second-order valence-corrected chi connectivity index (χ2v) is 9.43. The number of rotatable bonds is 7. The van der Waals surface area contributed by atoms with Crippen molar-refractivity contribution in [3.05, 3.63) is 66.0 Å². The first-order valence-electron chi connectivity index (χ1n) is 10.0. The minimum atomic E-state index is -4.02. The van der Waals surface area contributed by atoms with Gasteiger partial charge in [-0.1, -0.05) is 30.3 Å². The highest BCUT2D eigenvalue weighted by molar-refractivity contribution is 7.89. The maximum Gasteiger partial charge on any atom is 0.322 e. The first-order chi connectivity index (χ1) is 14.8. The van der Waals surface area contributed by atoms with E-state index in [2.05, 4.69) is 0 Å². The van der Waals surface area contributed by atoms with Crippen LogP contribution in [0.25, 0.3) is 0 Å². The van der Waals surface area contributed by atoms with Gasteiger partial charge in [0.15, 0.2) is 0 Å². The second kappa shape index (κ2) is 10.0. The Labute approximate surface area is 181 Å². The molecule has 0 aliphatic carbocycles. The van der Waals surface area contributed by atoms with Gasteiger partial charge in [0.25, 0.3) is 5.91 Å². The fourth-order valence-corrected chi connectivity index (χ4v) is 4.51. The third kappa shape index (κ3) is 5.68. The normalized spacial score (nSPS) is 15.5. The van der Waals surface area contributed by atoms with Crippen LogP contribution in [0.15, 0.2) is 59.5 Å². The minimum absolute atomic E-state index is 0.145. The number of carbonyl (C=O) groups is 2. The molecule has 1 aliphatic rings. The zero-order valence-corrected chi connectivity index (χ0v) is 18.1. The molecule has 31 heavy (non-hydrogen) atoms. The molecule has 1 amide bonds. The van der Waals surface area contributed by atoms with Crippen LogP contribution in [0.1, 0.15) is 30.9 Å². The molecule has 2 aromatic carbocycles. The fraction of sp³-hybridized carbons (Fsp3) is 0.364. The molecular formula is C22H25FN2O5S. The molecule has 166 valence electrons. The summed E-state index contributed by atoms with van der Waals surface area (Å²) in [5, 5.41) is 0. The van der Waals surface area contributed by atoms with Gasteiger partial charge in [-0.2, -0.15) is 4.31 Å². The number of halogens is 1. The summed E-state index contributed by atoms with van der Waals surface area (Å²) in [6.07, 6.45) is 1.68. The molecule has 7 nitrogen and oxygen atoms in total. The van der Waals surface area contributed by atoms with Crippen molar-refractivity contribution in [1.82, 2.24) is 9.21 Å². The topological polar surface area (TPSA) is 84.0 Å². The maximum atomic E-state index is 13.1. The van der Waals surface area contributed by atoms with E-state index in [9.17, 15) is 22.4 Å². The van der Waals surface area contributed by atoms with Crippen LogP contribution < -0.4 is 0 Å². The van der Waals surface area contributed by atoms with Gasteiger partial charge in [-0.05, 0) is 43.5 Å². The first kappa shape index (κ1) is 22.9. The molecule has 1 fully saturated rings. The molecule has 3 rings (SSSR count). The molecule has 1 atom stereocenters. The number of hydrogen-bond donors (Lipinski definition) is 0. The third-order valence-electron chi connectivity index (χ3n) is 5.12. The van der Waals surface area contributed by atoms with Gasteiger partial charge in [-0.25, -0.2) is 12.8 Å². The summed E-state index contributed by atoms with van der Waals surface area (Å²) < 4.78 is 44.7. The van der Waals surface area contributed by atoms with Gasteiger partial charge < -0.3 is 9.64 Å². The Morgan fingerprint density at radius 1 is 1.03 bits per heavy atom. The Morgan fingerprint density at radius 3 is 2.26 bits per heavy atom. The SMILES string of the molecule is CN(CC(=O)OC(C(=O)N1CCCCC1)c1ccccc1)S(=O)(=O)c1ccc(F)cc1. The third-order valence-corrected chi connectivity index (χ3v) is 6.93. The van der Waals surface area contributed by atoms with E-state index in [-0.39, 0.29) is 10.8 Å². The molecular weight excluding hydrogens is 423 g/mol. The molecule has 0 N–H and O–H groups in total. The monoisotopic (exact) mass is 448 g/mol. The molecule has 1 heterocycles. The molecule has 2 aromatic rings. The first-order valence-corrected chi connectivity index (χ1v) is 11.5. The lowest BCUT2D eigenvalue weighted by molar-refractivity contribution is -0.161. The summed E-state index contributed by atoms with van der Waals surface area (Å²) in [7, 11) is -2.80. The summed E-state index contributed by atoms with van der Waals surface area (Å²) >= 11 is 0. The Balaban J connectivity index is 1.74. The summed E-state index contributed by atoms with van der Waals surface area (Å²) in [4.78, 5) is 27.2. The van der Waals surface area contributed by atoms with E-state index in [4.69, 9.17) is 4.74 Å². The average molecular weight is 449 g/mol. The molecule has 1 aliphatic heterocycles. The zero-order chi connectivity index (χ0) is 22.4. The van der Waals surface area contributed by atoms with Crippen LogP contribution in [0.4, 0.5) is 4.39 Å². The molecule has 1 saturated heterocycles. The summed E-state index contributed by atoms with van der Waals surface area (Å²) in [5.74, 6) is -1.74. The molecule has 0 saturated carbocycles. The quantitative estimate of drug-likeness (QED) is 0.608. The van der Waals surface area contributed by atoms with Crippen molar-refractivity contribution in [2.24, 2.45) is 0 Å². The van der Waals surface area contributed by atoms with Gasteiger partial charge in [-0.3, -0.25) is 9.59 Å². The number of benzene rings is 2. The molecule has 0 bridgehead atoms. The average Bonchev–Trinajstić information content (AvgIpc) is 2.78. The highest BCUT2D eigenvalue weighted by Crippen LogP contribution is 2.23. The number of ether oxygens (including phenoxy) is 1. The van der Waals surface area contributed by atoms with E-state index in [0.29, 0.717) is 18.7 Å². The predicted molar refractivity (Wildman–Crippen MR) is 112 cm³/mol. The summed E-state index contributed by atoms with van der Waals surface area (Å²) in [5.41, 5.74) is 0.524. The van der Waals surface area contributed by atoms with Crippen LogP contribution in [-0.2, 0) is 24.3 Å². The number of piperidine rings is 1. The second-order valence-electron chi connectivity index (χ2n) is 7.38. The van der Waals surface area contributed by atoms with Crippen LogP contribution in [0.3, 0.4) is 0 Å². The Bertz CT molecular complexity index is 1010. The lowest BCUT2D eigenvalue weighted by Gasteiger charge is -2.30. The lowest BCUT2D eigenvalue weighted by atomic mass is 10.1. The van der Waals surface area contributed by atoms with Crippen LogP contribution in [-0.4, -0.2) is 56.2 Å². The molecule has 0 spiro atoms. The van der Waals surface area contributed by atoms with Crippen molar-refractivity contribution >= 4 is 21.9 Å². The van der Waals surface area contributed by atoms with Crippen LogP contribution in [0.2, 0.25) is 0 Å². The molecule has 1 unspecified atom stereocenters. The Morgan fingerprint density at radius 2 is 1.65 bits per heavy atom. The van der Waals surface area contributed by atoms with Crippen molar-refractivity contribution in [3.63, 3.8) is 0 Å². The molecule has 0 radical (unpaired) electrons. The van der Waals surface area contributed by atoms with E-state index in [1.54, 1.807) is 35.2 Å². The van der Waals surface area contributed by atoms with Gasteiger partial charge in [0, 0.05) is 25.7 Å². The van der Waals surface area contributed by atoms with Crippen molar-refractivity contribution in [1.29, 1.82) is 0 Å². The van der Waals surface area contributed by atoms with E-state index in [1.165, 1.54) is 7.05 Å². The standard InChI is InChI=1S/C22H25FN2O5S/c1-24(31(28,29)19-12-10-18(23)11-13-19)16-20(26)30-21(17-8-4-2-5-9-17)22(27)25-14-6-3-7-15-25/h2,4-5,8-13,21H,3,6-7,14-16H2,1H3. The number of likely N-dealkylation sites (tertiary alicyclic amines) is 1. The van der Waals surface area contributed by atoms with Crippen molar-refractivity contribution in [3.8, 4) is 0 Å². The van der Waals surface area contributed by atoms with E-state index >= 15 is 0 Å². The number of esters is 1. The minimum Gasteiger partial charge on any atom is -0.446 e. The highest BCUT2D eigenvalue weighted by Gasteiger charge is 2.32. The number of hydrogen-bond acceptors (Lipinski definition) is 5. The Kier molecular flexibility index (Phi) is 7.40. The van der Waals surface area contributed by atoms with E-state index < -0.39 is 34.5 Å². The van der Waals surface area contributed by atoms with Gasteiger partial charge in [-0.15, -0.1) is 0 Å². The van der Waals surface area contributed by atoms with Crippen molar-refractivity contribution in [2.75, 3.05) is 26.7 Å². The van der Waals surface area contributed by atoms with Crippen molar-refractivity contribution in [2.45, 2.75) is 30.3 Å². The Hall–Kier alpha value is -2.78. The lowest BCUT2D eigenvalue weighted by Crippen LogP contribution is -2.41. The summed E-state index contributed by atoms with van der Waals surface area (Å²) in [6, 6.07) is 13.0. The number of amides is 1. The highest BCUT2D eigenvalue weighted by atomic mass is 32.2. The maximum absolute atomic E-state index is 13.1. The van der Waals surface area contributed by atoms with E-state index in [1.807, 2.05) is 0 Å². The fourth-order valence-electron chi connectivity index (χ4n) is 3.39. The van der Waals surface area contributed by atoms with Gasteiger partial charge in [0.2, 0.25) is 16.1 Å². The van der Waals surface area contributed by atoms with Crippen LogP contribution >= 0.6 is 0 Å². The van der Waals surface area contributed by atoms with Crippen molar-refractivity contribution < 1.29 is 27.1 Å². The molecule has 9 heteroatoms. The van der Waals surface area contributed by atoms with Gasteiger partial charge >= 0.3 is 5.97 Å². The van der Waals surface area contributed by atoms with E-state index in [0.717, 1.165) is 47.8 Å². The van der Waals surface area contributed by atoms with Crippen LogP contribution in [0, 0.1) is 5.82 Å². The molecule has 0 aromatic heterocycles. The predicted octanol–water partition coefficient (Wildman–Crippen LogP) is 2.74. The number of carbonyl (C=O) groups excluding carboxylic acids is 2.